The summed E-state index contributed by atoms with van der Waals surface area (Å²) in [6.45, 7) is 3.40. The van der Waals surface area contributed by atoms with Crippen LogP contribution in [0.15, 0.2) is 78.9 Å². The minimum atomic E-state index is -0.0474. The second kappa shape index (κ2) is 9.27. The number of benzene rings is 3. The van der Waals surface area contributed by atoms with Crippen molar-refractivity contribution < 1.29 is 9.53 Å². The van der Waals surface area contributed by atoms with E-state index in [4.69, 9.17) is 9.84 Å². The summed E-state index contributed by atoms with van der Waals surface area (Å²) in [4.78, 5) is 12.5. The van der Waals surface area contributed by atoms with Crippen molar-refractivity contribution in [3.8, 4) is 17.0 Å². The van der Waals surface area contributed by atoms with Crippen LogP contribution in [-0.4, -0.2) is 28.8 Å². The third-order valence-corrected chi connectivity index (χ3v) is 4.97. The molecule has 1 heterocycles. The molecule has 0 aliphatic rings. The maximum atomic E-state index is 12.5. The number of ether oxygens (including phenoxy) is 1. The van der Waals surface area contributed by atoms with Crippen molar-refractivity contribution >= 4 is 16.8 Å². The van der Waals surface area contributed by atoms with Gasteiger partial charge in [-0.2, -0.15) is 5.10 Å². The van der Waals surface area contributed by atoms with Crippen LogP contribution in [0.3, 0.4) is 0 Å². The molecule has 0 atom stereocenters. The topological polar surface area (TPSA) is 56.1 Å². The van der Waals surface area contributed by atoms with Crippen LogP contribution in [0.25, 0.3) is 22.2 Å². The molecule has 30 heavy (non-hydrogen) atoms. The van der Waals surface area contributed by atoms with E-state index in [-0.39, 0.29) is 12.5 Å². The molecule has 0 spiro atoms. The number of hydrogen-bond donors (Lipinski definition) is 1. The van der Waals surface area contributed by atoms with Gasteiger partial charge in [0.1, 0.15) is 18.0 Å². The summed E-state index contributed by atoms with van der Waals surface area (Å²) in [7, 11) is 0. The largest absolute Gasteiger partial charge is 0.494 e. The summed E-state index contributed by atoms with van der Waals surface area (Å²) >= 11 is 0. The maximum Gasteiger partial charge on any atom is 0.241 e. The highest BCUT2D eigenvalue weighted by Gasteiger charge is 2.13. The van der Waals surface area contributed by atoms with Crippen LogP contribution in [0, 0.1) is 0 Å². The van der Waals surface area contributed by atoms with Gasteiger partial charge in [-0.3, -0.25) is 9.48 Å². The molecule has 0 saturated heterocycles. The molecule has 5 heteroatoms. The number of rotatable bonds is 8. The fourth-order valence-electron chi connectivity index (χ4n) is 3.51. The van der Waals surface area contributed by atoms with E-state index in [0.29, 0.717) is 13.2 Å². The summed E-state index contributed by atoms with van der Waals surface area (Å²) in [5.74, 6) is 0.818. The molecule has 152 valence electrons. The van der Waals surface area contributed by atoms with Crippen LogP contribution >= 0.6 is 0 Å². The molecular weight excluding hydrogens is 374 g/mol. The Balaban J connectivity index is 1.41. The van der Waals surface area contributed by atoms with Gasteiger partial charge in [-0.15, -0.1) is 0 Å². The number of amides is 1. The average Bonchev–Trinajstić information content (AvgIpc) is 3.14. The van der Waals surface area contributed by atoms with E-state index >= 15 is 0 Å². The summed E-state index contributed by atoms with van der Waals surface area (Å²) in [6, 6.07) is 26.1. The number of nitrogens with zero attached hydrogens (tertiary/aromatic N) is 2. The molecule has 3 aromatic carbocycles. The average molecular weight is 399 g/mol. The highest BCUT2D eigenvalue weighted by Crippen LogP contribution is 2.27. The molecule has 4 rings (SSSR count). The quantitative estimate of drug-likeness (QED) is 0.476. The molecule has 0 bridgehead atoms. The lowest BCUT2D eigenvalue weighted by molar-refractivity contribution is -0.121. The van der Waals surface area contributed by atoms with Gasteiger partial charge in [0.25, 0.3) is 0 Å². The number of hydrogen-bond acceptors (Lipinski definition) is 3. The molecule has 0 aliphatic carbocycles. The Morgan fingerprint density at radius 1 is 0.967 bits per heavy atom. The van der Waals surface area contributed by atoms with E-state index in [1.54, 1.807) is 4.68 Å². The smallest absolute Gasteiger partial charge is 0.241 e. The summed E-state index contributed by atoms with van der Waals surface area (Å²) in [6.07, 6.45) is 0.771. The molecule has 0 radical (unpaired) electrons. The minimum Gasteiger partial charge on any atom is -0.494 e. The Bertz CT molecular complexity index is 1120. The third-order valence-electron chi connectivity index (χ3n) is 4.97. The van der Waals surface area contributed by atoms with Gasteiger partial charge in [-0.05, 0) is 37.1 Å². The van der Waals surface area contributed by atoms with E-state index in [0.717, 1.165) is 39.9 Å². The Kier molecular flexibility index (Phi) is 6.09. The molecule has 5 nitrogen and oxygen atoms in total. The van der Waals surface area contributed by atoms with Crippen LogP contribution in [0.2, 0.25) is 0 Å². The first kappa shape index (κ1) is 19.7. The first-order valence-corrected chi connectivity index (χ1v) is 10.2. The van der Waals surface area contributed by atoms with Crippen molar-refractivity contribution in [2.24, 2.45) is 0 Å². The van der Waals surface area contributed by atoms with Gasteiger partial charge in [0.15, 0.2) is 0 Å². The number of nitrogens with one attached hydrogen (secondary N) is 1. The zero-order valence-electron chi connectivity index (χ0n) is 17.0. The van der Waals surface area contributed by atoms with Gasteiger partial charge in [0.2, 0.25) is 5.91 Å². The van der Waals surface area contributed by atoms with Crippen molar-refractivity contribution in [3.63, 3.8) is 0 Å². The number of carbonyl (C=O) groups is 1. The number of carbonyl (C=O) groups excluding carboxylic acids is 1. The van der Waals surface area contributed by atoms with E-state index in [9.17, 15) is 4.79 Å². The van der Waals surface area contributed by atoms with Crippen LogP contribution in [0.4, 0.5) is 0 Å². The van der Waals surface area contributed by atoms with Crippen molar-refractivity contribution in [1.29, 1.82) is 0 Å². The molecule has 1 amide bonds. The van der Waals surface area contributed by atoms with Gasteiger partial charge in [0.05, 0.1) is 12.1 Å². The SMILES string of the molecule is CCOc1ccc(CCNC(=O)Cn2nc(-c3ccccc3)c3ccccc32)cc1. The zero-order valence-corrected chi connectivity index (χ0v) is 17.0. The Hall–Kier alpha value is -3.60. The molecule has 0 aliphatic heterocycles. The first-order chi connectivity index (χ1) is 14.7. The number of aromatic nitrogens is 2. The standard InChI is InChI=1S/C25H25N3O2/c1-2-30-21-14-12-19(13-15-21)16-17-26-24(29)18-28-23-11-7-6-10-22(23)25(27-28)20-8-4-3-5-9-20/h3-15H,2,16-18H2,1H3,(H,26,29). The third kappa shape index (κ3) is 4.51. The number of fused-ring (bicyclic) bond motifs is 1. The molecule has 0 saturated carbocycles. The molecule has 4 aromatic rings. The molecular formula is C25H25N3O2. The van der Waals surface area contributed by atoms with E-state index in [1.807, 2.05) is 85.8 Å². The van der Waals surface area contributed by atoms with E-state index in [1.165, 1.54) is 0 Å². The summed E-state index contributed by atoms with van der Waals surface area (Å²) < 4.78 is 7.24. The van der Waals surface area contributed by atoms with Crippen LogP contribution in [-0.2, 0) is 17.8 Å². The lowest BCUT2D eigenvalue weighted by atomic mass is 10.1. The van der Waals surface area contributed by atoms with Crippen molar-refractivity contribution in [2.45, 2.75) is 19.9 Å². The molecule has 0 fully saturated rings. The van der Waals surface area contributed by atoms with Gasteiger partial charge < -0.3 is 10.1 Å². The maximum absolute atomic E-state index is 12.5. The molecule has 1 aromatic heterocycles. The second-order valence-corrected chi connectivity index (χ2v) is 7.07. The van der Waals surface area contributed by atoms with Gasteiger partial charge in [0, 0.05) is 17.5 Å². The summed E-state index contributed by atoms with van der Waals surface area (Å²) in [5.41, 5.74) is 4.06. The Morgan fingerprint density at radius 3 is 2.47 bits per heavy atom. The first-order valence-electron chi connectivity index (χ1n) is 10.2. The number of para-hydroxylation sites is 1. The lowest BCUT2D eigenvalue weighted by Gasteiger charge is -2.07. The van der Waals surface area contributed by atoms with Crippen LogP contribution < -0.4 is 10.1 Å². The highest BCUT2D eigenvalue weighted by molar-refractivity contribution is 5.94. The van der Waals surface area contributed by atoms with E-state index < -0.39 is 0 Å². The Labute approximate surface area is 176 Å². The second-order valence-electron chi connectivity index (χ2n) is 7.07. The van der Waals surface area contributed by atoms with Gasteiger partial charge >= 0.3 is 0 Å². The minimum absolute atomic E-state index is 0.0474. The predicted octanol–water partition coefficient (Wildman–Crippen LogP) is 4.46. The van der Waals surface area contributed by atoms with Crippen LogP contribution in [0.1, 0.15) is 12.5 Å². The van der Waals surface area contributed by atoms with E-state index in [2.05, 4.69) is 5.32 Å². The highest BCUT2D eigenvalue weighted by atomic mass is 16.5. The normalized spacial score (nSPS) is 10.8. The molecule has 1 N–H and O–H groups in total. The zero-order chi connectivity index (χ0) is 20.8. The monoisotopic (exact) mass is 399 g/mol. The van der Waals surface area contributed by atoms with Gasteiger partial charge in [-0.1, -0.05) is 60.7 Å². The van der Waals surface area contributed by atoms with Crippen LogP contribution in [0.5, 0.6) is 5.75 Å². The Morgan fingerprint density at radius 2 is 1.70 bits per heavy atom. The fraction of sp³-hybridized carbons (Fsp3) is 0.200. The predicted molar refractivity (Wildman–Crippen MR) is 119 cm³/mol. The van der Waals surface area contributed by atoms with Gasteiger partial charge in [-0.25, -0.2) is 0 Å². The molecule has 0 unspecified atom stereocenters. The summed E-state index contributed by atoms with van der Waals surface area (Å²) in [5, 5.41) is 8.78. The van der Waals surface area contributed by atoms with Crippen molar-refractivity contribution in [2.75, 3.05) is 13.2 Å². The fourth-order valence-corrected chi connectivity index (χ4v) is 3.51. The lowest BCUT2D eigenvalue weighted by Crippen LogP contribution is -2.29. The van der Waals surface area contributed by atoms with Crippen molar-refractivity contribution in [3.05, 3.63) is 84.4 Å². The van der Waals surface area contributed by atoms with Crippen molar-refractivity contribution in [1.82, 2.24) is 15.1 Å².